The largest absolute Gasteiger partial charge is 0.394 e. The molecular formula is C14H15N3O7S. The van der Waals surface area contributed by atoms with Gasteiger partial charge in [-0.2, -0.15) is 0 Å². The van der Waals surface area contributed by atoms with Gasteiger partial charge in [0.05, 0.1) is 11.5 Å². The lowest BCUT2D eigenvalue weighted by molar-refractivity contribution is -0.384. The second-order valence-corrected chi connectivity index (χ2v) is 6.07. The molecule has 4 N–H and O–H groups in total. The van der Waals surface area contributed by atoms with Gasteiger partial charge in [-0.05, 0) is 29.9 Å². The van der Waals surface area contributed by atoms with E-state index in [9.17, 15) is 30.2 Å². The van der Waals surface area contributed by atoms with Gasteiger partial charge in [0.1, 0.15) is 24.4 Å². The van der Waals surface area contributed by atoms with Gasteiger partial charge in [0, 0.05) is 12.1 Å². The molecule has 25 heavy (non-hydrogen) atoms. The molecule has 10 nitrogen and oxygen atoms in total. The molecule has 2 fully saturated rings. The fourth-order valence-corrected chi connectivity index (χ4v) is 3.25. The number of ether oxygens (including phenoxy) is 1. The van der Waals surface area contributed by atoms with Crippen molar-refractivity contribution < 1.29 is 29.8 Å². The molecule has 2 heterocycles. The number of benzene rings is 1. The molecule has 2 saturated heterocycles. The summed E-state index contributed by atoms with van der Waals surface area (Å²) in [6.45, 7) is -0.515. The zero-order chi connectivity index (χ0) is 18.3. The maximum atomic E-state index is 12.3. The highest BCUT2D eigenvalue weighted by Gasteiger charge is 2.51. The summed E-state index contributed by atoms with van der Waals surface area (Å²) in [4.78, 5) is 23.8. The lowest BCUT2D eigenvalue weighted by Crippen LogP contribution is -2.46. The van der Waals surface area contributed by atoms with Crippen molar-refractivity contribution in [3.8, 4) is 0 Å². The molecule has 5 atom stereocenters. The number of carbonyl (C=O) groups excluding carboxylic acids is 1. The summed E-state index contributed by atoms with van der Waals surface area (Å²) < 4.78 is 5.44. The van der Waals surface area contributed by atoms with Crippen LogP contribution in [0.15, 0.2) is 24.3 Å². The molecule has 3 rings (SSSR count). The Balaban J connectivity index is 1.93. The number of nitro groups is 1. The summed E-state index contributed by atoms with van der Waals surface area (Å²) in [5.41, 5.74) is 0.268. The highest BCUT2D eigenvalue weighted by molar-refractivity contribution is 7.80. The number of aliphatic hydroxyl groups excluding tert-OH is 3. The quantitative estimate of drug-likeness (QED) is 0.292. The Bertz CT molecular complexity index is 713. The van der Waals surface area contributed by atoms with Crippen LogP contribution >= 0.6 is 12.2 Å². The van der Waals surface area contributed by atoms with Crippen LogP contribution in [0, 0.1) is 10.1 Å². The molecule has 0 spiro atoms. The van der Waals surface area contributed by atoms with Crippen LogP contribution in [-0.2, 0) is 9.53 Å². The monoisotopic (exact) mass is 369 g/mol. The number of hydrogen-bond acceptors (Lipinski definition) is 8. The molecule has 1 aromatic carbocycles. The molecule has 0 radical (unpaired) electrons. The second kappa shape index (κ2) is 6.61. The summed E-state index contributed by atoms with van der Waals surface area (Å²) in [7, 11) is 0. The number of nitrogens with zero attached hydrogens (tertiary/aromatic N) is 2. The maximum Gasteiger partial charge on any atom is 0.269 e. The lowest BCUT2D eigenvalue weighted by Gasteiger charge is -2.31. The second-order valence-electron chi connectivity index (χ2n) is 5.68. The molecular weight excluding hydrogens is 354 g/mol. The minimum absolute atomic E-state index is 0.0109. The molecule has 1 amide bonds. The minimum Gasteiger partial charge on any atom is -0.394 e. The molecule has 11 heteroatoms. The van der Waals surface area contributed by atoms with Crippen LogP contribution < -0.4 is 5.32 Å². The average molecular weight is 369 g/mol. The van der Waals surface area contributed by atoms with Gasteiger partial charge in [-0.25, -0.2) is 0 Å². The summed E-state index contributed by atoms with van der Waals surface area (Å²) in [5, 5.41) is 42.5. The van der Waals surface area contributed by atoms with Crippen LogP contribution in [0.1, 0.15) is 11.6 Å². The lowest BCUT2D eigenvalue weighted by atomic mass is 10.0. The fraction of sp³-hybridized carbons (Fsp3) is 0.429. The third kappa shape index (κ3) is 2.96. The highest BCUT2D eigenvalue weighted by Crippen LogP contribution is 2.34. The maximum absolute atomic E-state index is 12.3. The van der Waals surface area contributed by atoms with Gasteiger partial charge < -0.3 is 30.3 Å². The van der Waals surface area contributed by atoms with Gasteiger partial charge in [-0.15, -0.1) is 0 Å². The Morgan fingerprint density at radius 2 is 1.92 bits per heavy atom. The number of nitrogens with one attached hydrogen (secondary N) is 1. The van der Waals surface area contributed by atoms with E-state index in [4.69, 9.17) is 17.0 Å². The van der Waals surface area contributed by atoms with Gasteiger partial charge in [-0.3, -0.25) is 14.9 Å². The van der Waals surface area contributed by atoms with Crippen LogP contribution in [0.5, 0.6) is 0 Å². The zero-order valence-electron chi connectivity index (χ0n) is 12.7. The molecule has 1 unspecified atom stereocenters. The van der Waals surface area contributed by atoms with Crippen molar-refractivity contribution in [1.29, 1.82) is 0 Å². The molecule has 0 saturated carbocycles. The van der Waals surface area contributed by atoms with Crippen molar-refractivity contribution in [2.24, 2.45) is 0 Å². The zero-order valence-corrected chi connectivity index (χ0v) is 13.5. The van der Waals surface area contributed by atoms with E-state index in [-0.39, 0.29) is 10.8 Å². The molecule has 2 aliphatic heterocycles. The Hall–Kier alpha value is -2.18. The number of aliphatic hydroxyl groups is 3. The van der Waals surface area contributed by atoms with E-state index in [1.807, 2.05) is 0 Å². The van der Waals surface area contributed by atoms with Crippen molar-refractivity contribution in [2.75, 3.05) is 6.61 Å². The first-order valence-corrected chi connectivity index (χ1v) is 7.76. The van der Waals surface area contributed by atoms with Gasteiger partial charge in [0.15, 0.2) is 11.3 Å². The van der Waals surface area contributed by atoms with E-state index in [1.165, 1.54) is 29.2 Å². The van der Waals surface area contributed by atoms with Gasteiger partial charge in [-0.1, -0.05) is 0 Å². The van der Waals surface area contributed by atoms with Crippen molar-refractivity contribution in [3.05, 3.63) is 39.9 Å². The van der Waals surface area contributed by atoms with E-state index in [1.54, 1.807) is 0 Å². The Morgan fingerprint density at radius 1 is 1.28 bits per heavy atom. The minimum atomic E-state index is -1.40. The number of amides is 1. The van der Waals surface area contributed by atoms with Crippen molar-refractivity contribution in [2.45, 2.75) is 30.6 Å². The van der Waals surface area contributed by atoms with E-state index < -0.39 is 48.0 Å². The number of hydrogen-bond donors (Lipinski definition) is 4. The number of non-ortho nitro benzene ring substituents is 1. The third-order valence-electron chi connectivity index (χ3n) is 4.20. The topological polar surface area (TPSA) is 145 Å². The van der Waals surface area contributed by atoms with E-state index in [0.29, 0.717) is 5.56 Å². The van der Waals surface area contributed by atoms with Crippen LogP contribution in [0.4, 0.5) is 5.69 Å². The first kappa shape index (κ1) is 17.6. The van der Waals surface area contributed by atoms with E-state index in [2.05, 4.69) is 5.32 Å². The molecule has 2 aliphatic rings. The Morgan fingerprint density at radius 3 is 2.44 bits per heavy atom. The smallest absolute Gasteiger partial charge is 0.269 e. The molecule has 134 valence electrons. The molecule has 0 aliphatic carbocycles. The van der Waals surface area contributed by atoms with Crippen molar-refractivity contribution in [1.82, 2.24) is 10.2 Å². The van der Waals surface area contributed by atoms with Crippen molar-refractivity contribution in [3.63, 3.8) is 0 Å². The number of carbonyl (C=O) groups is 1. The van der Waals surface area contributed by atoms with Crippen LogP contribution in [-0.4, -0.2) is 67.3 Å². The molecule has 0 bridgehead atoms. The molecule has 1 aromatic rings. The van der Waals surface area contributed by atoms with E-state index >= 15 is 0 Å². The summed E-state index contributed by atoms with van der Waals surface area (Å²) in [6, 6.07) is 4.33. The van der Waals surface area contributed by atoms with E-state index in [0.717, 1.165) is 0 Å². The van der Waals surface area contributed by atoms with Crippen LogP contribution in [0.25, 0.3) is 0 Å². The SMILES string of the molecule is O=C1NC(=S)N([C@@H]2O[C@H](CO)[C@@H](O)[C@H]2O)C1c1ccc([N+](=O)[O-])cc1. The van der Waals surface area contributed by atoms with Crippen LogP contribution in [0.2, 0.25) is 0 Å². The highest BCUT2D eigenvalue weighted by atomic mass is 32.1. The number of thiocarbonyl (C=S) groups is 1. The van der Waals surface area contributed by atoms with Gasteiger partial charge >= 0.3 is 0 Å². The average Bonchev–Trinajstić information content (AvgIpc) is 3.03. The van der Waals surface area contributed by atoms with Crippen molar-refractivity contribution >= 4 is 28.9 Å². The number of rotatable bonds is 4. The first-order valence-electron chi connectivity index (χ1n) is 7.35. The summed E-state index contributed by atoms with van der Waals surface area (Å²) in [5.74, 6) is -0.489. The van der Waals surface area contributed by atoms with Gasteiger partial charge in [0.2, 0.25) is 0 Å². The predicted octanol–water partition coefficient (Wildman–Crippen LogP) is -1.21. The molecule has 0 aromatic heterocycles. The fourth-order valence-electron chi connectivity index (χ4n) is 2.94. The van der Waals surface area contributed by atoms with Crippen LogP contribution in [0.3, 0.4) is 0 Å². The van der Waals surface area contributed by atoms with Gasteiger partial charge in [0.25, 0.3) is 11.6 Å². The summed E-state index contributed by atoms with van der Waals surface area (Å²) >= 11 is 5.12. The first-order chi connectivity index (χ1) is 11.8. The third-order valence-corrected chi connectivity index (χ3v) is 4.51. The predicted molar refractivity (Wildman–Crippen MR) is 86.2 cm³/mol. The Labute approximate surface area is 146 Å². The normalized spacial score (nSPS) is 32.1. The number of nitro benzene ring substituents is 1. The standard InChI is InChI=1S/C14H15N3O7S/c18-5-8-10(19)11(20)13(24-8)16-9(12(21)15-14(16)25)6-1-3-7(4-2-6)17(22)23/h1-4,8-11,13,18-20H,5H2,(H,15,21,25)/t8-,9?,10-,11-,13-/m1/s1. The Kier molecular flexibility index (Phi) is 4.67. The summed E-state index contributed by atoms with van der Waals surface area (Å²) in [6.07, 6.45) is -4.91.